The van der Waals surface area contributed by atoms with Crippen molar-refractivity contribution in [3.63, 3.8) is 0 Å². The summed E-state index contributed by atoms with van der Waals surface area (Å²) in [6.45, 7) is 3.80. The third-order valence-corrected chi connectivity index (χ3v) is 4.72. The van der Waals surface area contributed by atoms with Crippen LogP contribution in [0.2, 0.25) is 0 Å². The highest BCUT2D eigenvalue weighted by Gasteiger charge is 2.17. The first kappa shape index (κ1) is 12.3. The second-order valence-corrected chi connectivity index (χ2v) is 6.01. The Labute approximate surface area is 104 Å². The van der Waals surface area contributed by atoms with Gasteiger partial charge in [0, 0.05) is 31.0 Å². The van der Waals surface area contributed by atoms with Crippen molar-refractivity contribution in [1.82, 2.24) is 4.90 Å². The molecule has 0 aliphatic carbocycles. The summed E-state index contributed by atoms with van der Waals surface area (Å²) in [7, 11) is 0. The van der Waals surface area contributed by atoms with Gasteiger partial charge in [0.2, 0.25) is 5.91 Å². The number of hydrogen-bond donors (Lipinski definition) is 0. The highest BCUT2D eigenvalue weighted by Crippen LogP contribution is 2.22. The number of aliphatic imine (C=N–C) groups is 1. The van der Waals surface area contributed by atoms with Crippen LogP contribution in [0.4, 0.5) is 0 Å². The van der Waals surface area contributed by atoms with Crippen molar-refractivity contribution in [2.75, 3.05) is 44.4 Å². The molecule has 0 aromatic carbocycles. The summed E-state index contributed by atoms with van der Waals surface area (Å²) in [5, 5.41) is 0. The van der Waals surface area contributed by atoms with Crippen LogP contribution < -0.4 is 0 Å². The Morgan fingerprint density at radius 3 is 3.00 bits per heavy atom. The molecule has 4 nitrogen and oxygen atoms in total. The molecule has 2 aliphatic rings. The fraction of sp³-hybridized carbons (Fsp3) is 0.800. The van der Waals surface area contributed by atoms with E-state index in [1.807, 2.05) is 4.90 Å². The Hall–Kier alpha value is -0.200. The molecular weight excluding hydrogens is 244 g/mol. The van der Waals surface area contributed by atoms with Gasteiger partial charge in [-0.3, -0.25) is 9.79 Å². The number of amides is 1. The molecule has 0 radical (unpaired) electrons. The molecule has 6 heteroatoms. The second-order valence-electron chi connectivity index (χ2n) is 3.59. The first-order valence-corrected chi connectivity index (χ1v) is 7.49. The van der Waals surface area contributed by atoms with Crippen LogP contribution in [-0.2, 0) is 9.53 Å². The van der Waals surface area contributed by atoms with E-state index in [4.69, 9.17) is 4.74 Å². The minimum absolute atomic E-state index is 0.249. The lowest BCUT2D eigenvalue weighted by Gasteiger charge is -2.26. The molecular formula is C10H16N2O2S2. The van der Waals surface area contributed by atoms with Gasteiger partial charge in [-0.15, -0.1) is 0 Å². The second kappa shape index (κ2) is 6.51. The van der Waals surface area contributed by atoms with Gasteiger partial charge in [-0.05, 0) is 0 Å². The van der Waals surface area contributed by atoms with E-state index in [-0.39, 0.29) is 5.91 Å². The van der Waals surface area contributed by atoms with E-state index in [0.29, 0.717) is 19.6 Å². The Kier molecular flexibility index (Phi) is 4.99. The maximum atomic E-state index is 11.8. The van der Waals surface area contributed by atoms with Crippen molar-refractivity contribution in [3.05, 3.63) is 0 Å². The molecule has 0 unspecified atom stereocenters. The first-order valence-electron chi connectivity index (χ1n) is 5.52. The van der Waals surface area contributed by atoms with Crippen LogP contribution in [0.5, 0.6) is 0 Å². The lowest BCUT2D eigenvalue weighted by atomic mass is 10.3. The molecule has 0 bridgehead atoms. The Balaban J connectivity index is 1.63. The lowest BCUT2D eigenvalue weighted by molar-refractivity contribution is -0.134. The molecule has 0 N–H and O–H groups in total. The number of thioether (sulfide) groups is 2. The van der Waals surface area contributed by atoms with E-state index >= 15 is 0 Å². The number of carbonyl (C=O) groups excluding carboxylic acids is 1. The molecule has 2 heterocycles. The number of rotatable bonds is 3. The third kappa shape index (κ3) is 3.68. The van der Waals surface area contributed by atoms with Gasteiger partial charge in [0.15, 0.2) is 0 Å². The van der Waals surface area contributed by atoms with Gasteiger partial charge in [-0.25, -0.2) is 0 Å². The predicted octanol–water partition coefficient (Wildman–Crippen LogP) is 1.07. The van der Waals surface area contributed by atoms with Crippen LogP contribution in [0.1, 0.15) is 6.42 Å². The summed E-state index contributed by atoms with van der Waals surface area (Å²) in [5.74, 6) is 2.20. The molecule has 1 fully saturated rings. The zero-order valence-corrected chi connectivity index (χ0v) is 10.8. The summed E-state index contributed by atoms with van der Waals surface area (Å²) in [4.78, 5) is 18.0. The van der Waals surface area contributed by atoms with Gasteiger partial charge in [-0.2, -0.15) is 0 Å². The van der Waals surface area contributed by atoms with Gasteiger partial charge in [0.05, 0.1) is 19.8 Å². The summed E-state index contributed by atoms with van der Waals surface area (Å²) >= 11 is 3.51. The van der Waals surface area contributed by atoms with Gasteiger partial charge in [0.1, 0.15) is 4.38 Å². The maximum absolute atomic E-state index is 11.8. The standard InChI is InChI=1S/C10H16N2O2S2/c13-9(12-3-5-14-6-4-12)1-7-15-10-11-2-8-16-10/h1-8H2. The minimum Gasteiger partial charge on any atom is -0.378 e. The van der Waals surface area contributed by atoms with Crippen molar-refractivity contribution in [2.24, 2.45) is 4.99 Å². The average Bonchev–Trinajstić information content (AvgIpc) is 2.83. The molecule has 0 aromatic heterocycles. The minimum atomic E-state index is 0.249. The van der Waals surface area contributed by atoms with Crippen LogP contribution in [0, 0.1) is 0 Å². The number of morpholine rings is 1. The highest BCUT2D eigenvalue weighted by atomic mass is 32.2. The quantitative estimate of drug-likeness (QED) is 0.761. The van der Waals surface area contributed by atoms with E-state index in [2.05, 4.69) is 4.99 Å². The molecule has 2 rings (SSSR count). The predicted molar refractivity (Wildman–Crippen MR) is 69.2 cm³/mol. The Bertz CT molecular complexity index is 278. The number of nitrogens with zero attached hydrogens (tertiary/aromatic N) is 2. The zero-order chi connectivity index (χ0) is 11.2. The van der Waals surface area contributed by atoms with Gasteiger partial charge in [0.25, 0.3) is 0 Å². The summed E-state index contributed by atoms with van der Waals surface area (Å²) < 4.78 is 6.36. The van der Waals surface area contributed by atoms with Gasteiger partial charge >= 0.3 is 0 Å². The van der Waals surface area contributed by atoms with Crippen LogP contribution in [0.25, 0.3) is 0 Å². The average molecular weight is 260 g/mol. The summed E-state index contributed by atoms with van der Waals surface area (Å²) in [6.07, 6.45) is 0.615. The molecule has 90 valence electrons. The van der Waals surface area contributed by atoms with Gasteiger partial charge < -0.3 is 9.64 Å². The highest BCUT2D eigenvalue weighted by molar-refractivity contribution is 8.39. The topological polar surface area (TPSA) is 41.9 Å². The van der Waals surface area contributed by atoms with Crippen molar-refractivity contribution < 1.29 is 9.53 Å². The van der Waals surface area contributed by atoms with Crippen molar-refractivity contribution in [2.45, 2.75) is 6.42 Å². The largest absolute Gasteiger partial charge is 0.378 e. The summed E-state index contributed by atoms with van der Waals surface area (Å²) in [5.41, 5.74) is 0. The molecule has 1 amide bonds. The van der Waals surface area contributed by atoms with E-state index in [1.54, 1.807) is 23.5 Å². The third-order valence-electron chi connectivity index (χ3n) is 2.46. The van der Waals surface area contributed by atoms with Crippen molar-refractivity contribution >= 4 is 33.8 Å². The van der Waals surface area contributed by atoms with E-state index < -0.39 is 0 Å². The normalized spacial score (nSPS) is 21.0. The molecule has 0 aromatic rings. The van der Waals surface area contributed by atoms with Crippen LogP contribution in [0.3, 0.4) is 0 Å². The zero-order valence-electron chi connectivity index (χ0n) is 9.18. The van der Waals surface area contributed by atoms with Crippen molar-refractivity contribution in [3.8, 4) is 0 Å². The molecule has 0 atom stereocenters. The van der Waals surface area contributed by atoms with Crippen LogP contribution >= 0.6 is 23.5 Å². The summed E-state index contributed by atoms with van der Waals surface area (Å²) in [6, 6.07) is 0. The SMILES string of the molecule is O=C(CCSC1=NCCS1)N1CCOCC1. The number of carbonyl (C=O) groups is 1. The number of ether oxygens (including phenoxy) is 1. The molecule has 16 heavy (non-hydrogen) atoms. The molecule has 2 aliphatic heterocycles. The van der Waals surface area contributed by atoms with E-state index in [9.17, 15) is 4.79 Å². The smallest absolute Gasteiger partial charge is 0.223 e. The Morgan fingerprint density at radius 2 is 2.31 bits per heavy atom. The molecule has 0 spiro atoms. The van der Waals surface area contributed by atoms with Crippen LogP contribution in [-0.4, -0.2) is 59.5 Å². The van der Waals surface area contributed by atoms with Crippen molar-refractivity contribution in [1.29, 1.82) is 0 Å². The fourth-order valence-corrected chi connectivity index (χ4v) is 3.61. The Morgan fingerprint density at radius 1 is 1.50 bits per heavy atom. The van der Waals surface area contributed by atoms with E-state index in [0.717, 1.165) is 35.5 Å². The van der Waals surface area contributed by atoms with E-state index in [1.165, 1.54) is 0 Å². The molecule has 1 saturated heterocycles. The van der Waals surface area contributed by atoms with Gasteiger partial charge in [-0.1, -0.05) is 23.5 Å². The van der Waals surface area contributed by atoms with Crippen LogP contribution in [0.15, 0.2) is 4.99 Å². The lowest BCUT2D eigenvalue weighted by Crippen LogP contribution is -2.40. The monoisotopic (exact) mass is 260 g/mol. The fourth-order valence-electron chi connectivity index (χ4n) is 1.60. The number of hydrogen-bond acceptors (Lipinski definition) is 5. The first-order chi connectivity index (χ1) is 7.86. The maximum Gasteiger partial charge on any atom is 0.223 e. The molecule has 0 saturated carbocycles.